The van der Waals surface area contributed by atoms with E-state index >= 15 is 0 Å². The summed E-state index contributed by atoms with van der Waals surface area (Å²) in [6, 6.07) is 0.917. The molecule has 2 atom stereocenters. The molecule has 1 aliphatic rings. The van der Waals surface area contributed by atoms with Crippen LogP contribution in [-0.2, 0) is 16.1 Å². The third-order valence-electron chi connectivity index (χ3n) is 3.67. The van der Waals surface area contributed by atoms with Crippen LogP contribution in [0.25, 0.3) is 0 Å². The van der Waals surface area contributed by atoms with Crippen LogP contribution in [0.3, 0.4) is 0 Å². The first kappa shape index (κ1) is 15.5. The molecule has 0 aliphatic carbocycles. The largest absolute Gasteiger partial charge is 0.359 e. The molecule has 0 radical (unpaired) electrons. The first-order chi connectivity index (χ1) is 9.92. The van der Waals surface area contributed by atoms with E-state index in [4.69, 9.17) is 4.52 Å². The Morgan fingerprint density at radius 1 is 1.43 bits per heavy atom. The molecule has 1 N–H and O–H groups in total. The monoisotopic (exact) mass is 293 g/mol. The van der Waals surface area contributed by atoms with Crippen LogP contribution in [0.2, 0.25) is 0 Å². The number of hydrogen-bond donors (Lipinski definition) is 1. The highest BCUT2D eigenvalue weighted by atomic mass is 16.5. The van der Waals surface area contributed by atoms with Crippen molar-refractivity contribution in [3.05, 3.63) is 17.5 Å². The number of aromatic nitrogens is 1. The number of nitrogens with one attached hydrogen (secondary N) is 1. The summed E-state index contributed by atoms with van der Waals surface area (Å²) >= 11 is 0. The van der Waals surface area contributed by atoms with Crippen molar-refractivity contribution in [2.24, 2.45) is 5.92 Å². The number of hydrogen-bond acceptors (Lipinski definition) is 4. The highest BCUT2D eigenvalue weighted by molar-refractivity contribution is 5.96. The van der Waals surface area contributed by atoms with Gasteiger partial charge in [0.05, 0.1) is 12.2 Å². The highest BCUT2D eigenvalue weighted by Crippen LogP contribution is 2.20. The minimum atomic E-state index is -0.440. The number of rotatable bonds is 5. The second kappa shape index (κ2) is 6.28. The summed E-state index contributed by atoms with van der Waals surface area (Å²) in [4.78, 5) is 26.5. The van der Waals surface area contributed by atoms with Gasteiger partial charge in [0.15, 0.2) is 5.76 Å². The van der Waals surface area contributed by atoms with Gasteiger partial charge in [0.1, 0.15) is 12.1 Å². The van der Waals surface area contributed by atoms with Gasteiger partial charge in [0.25, 0.3) is 0 Å². The van der Waals surface area contributed by atoms with Crippen molar-refractivity contribution in [3.8, 4) is 0 Å². The van der Waals surface area contributed by atoms with E-state index < -0.39 is 12.1 Å². The maximum absolute atomic E-state index is 12.6. The zero-order valence-corrected chi connectivity index (χ0v) is 13.0. The molecule has 1 fully saturated rings. The van der Waals surface area contributed by atoms with Crippen LogP contribution < -0.4 is 5.32 Å². The Morgan fingerprint density at radius 2 is 2.14 bits per heavy atom. The summed E-state index contributed by atoms with van der Waals surface area (Å²) in [5, 5.41) is 6.67. The summed E-state index contributed by atoms with van der Waals surface area (Å²) in [5.41, 5.74) is 0.769. The number of aryl methyl sites for hydroxylation is 1. The minimum absolute atomic E-state index is 0.0378. The number of nitrogens with zero attached hydrogens (tertiary/aromatic N) is 2. The highest BCUT2D eigenvalue weighted by Gasteiger charge is 2.40. The lowest BCUT2D eigenvalue weighted by Crippen LogP contribution is -2.62. The van der Waals surface area contributed by atoms with Crippen LogP contribution in [-0.4, -0.2) is 34.0 Å². The summed E-state index contributed by atoms with van der Waals surface area (Å²) in [6.45, 7) is 8.10. The Hall–Kier alpha value is -1.85. The number of amides is 2. The van der Waals surface area contributed by atoms with E-state index in [0.29, 0.717) is 31.1 Å². The van der Waals surface area contributed by atoms with Crippen LogP contribution in [0.5, 0.6) is 0 Å². The van der Waals surface area contributed by atoms with Crippen LogP contribution >= 0.6 is 0 Å². The van der Waals surface area contributed by atoms with Gasteiger partial charge >= 0.3 is 0 Å². The van der Waals surface area contributed by atoms with E-state index in [1.165, 1.54) is 0 Å². The van der Waals surface area contributed by atoms with Gasteiger partial charge in [-0.05, 0) is 25.7 Å². The Morgan fingerprint density at radius 3 is 2.67 bits per heavy atom. The Labute approximate surface area is 124 Å². The maximum atomic E-state index is 12.6. The van der Waals surface area contributed by atoms with Crippen LogP contribution in [0.4, 0.5) is 0 Å². The zero-order chi connectivity index (χ0) is 15.6. The molecule has 21 heavy (non-hydrogen) atoms. The van der Waals surface area contributed by atoms with E-state index in [2.05, 4.69) is 10.5 Å². The lowest BCUT2D eigenvalue weighted by Gasteiger charge is -2.38. The number of carbonyl (C=O) groups is 2. The summed E-state index contributed by atoms with van der Waals surface area (Å²) in [7, 11) is 0. The Balaban J connectivity index is 2.19. The van der Waals surface area contributed by atoms with E-state index in [0.717, 1.165) is 5.69 Å². The van der Waals surface area contributed by atoms with Crippen molar-refractivity contribution in [2.45, 2.75) is 59.2 Å². The molecule has 1 aromatic heterocycles. The molecule has 2 heterocycles. The molecule has 116 valence electrons. The van der Waals surface area contributed by atoms with E-state index in [-0.39, 0.29) is 11.8 Å². The molecule has 6 nitrogen and oxygen atoms in total. The molecule has 0 aromatic carbocycles. The molecular formula is C15H23N3O3. The van der Waals surface area contributed by atoms with Gasteiger partial charge < -0.3 is 14.7 Å². The van der Waals surface area contributed by atoms with E-state index in [1.807, 2.05) is 27.7 Å². The quantitative estimate of drug-likeness (QED) is 0.895. The first-order valence-corrected chi connectivity index (χ1v) is 7.45. The average molecular weight is 293 g/mol. The predicted molar refractivity (Wildman–Crippen MR) is 77.3 cm³/mol. The lowest BCUT2D eigenvalue weighted by atomic mass is 9.97. The molecule has 6 heteroatoms. The van der Waals surface area contributed by atoms with Gasteiger partial charge in [-0.2, -0.15) is 0 Å². The SMILES string of the molecule is CCC1C(=O)NC(CC(C)C)C(=O)N1Cc1cc(C)no1. The molecule has 2 rings (SSSR count). The number of carbonyl (C=O) groups excluding carboxylic acids is 2. The van der Waals surface area contributed by atoms with Gasteiger partial charge in [0.2, 0.25) is 11.8 Å². The molecular weight excluding hydrogens is 270 g/mol. The molecule has 2 unspecified atom stereocenters. The van der Waals surface area contributed by atoms with Crippen LogP contribution in [0.1, 0.15) is 45.1 Å². The van der Waals surface area contributed by atoms with Gasteiger partial charge in [0, 0.05) is 6.07 Å². The predicted octanol–water partition coefficient (Wildman–Crippen LogP) is 1.63. The molecule has 0 spiro atoms. The fraction of sp³-hybridized carbons (Fsp3) is 0.667. The van der Waals surface area contributed by atoms with Crippen molar-refractivity contribution >= 4 is 11.8 Å². The van der Waals surface area contributed by atoms with Gasteiger partial charge in [-0.3, -0.25) is 9.59 Å². The fourth-order valence-electron chi connectivity index (χ4n) is 2.71. The average Bonchev–Trinajstić information content (AvgIpc) is 2.80. The third kappa shape index (κ3) is 3.43. The Kier molecular flexibility index (Phi) is 4.65. The summed E-state index contributed by atoms with van der Waals surface area (Å²) in [6.07, 6.45) is 1.23. The lowest BCUT2D eigenvalue weighted by molar-refractivity contribution is -0.151. The molecule has 2 amide bonds. The second-order valence-corrected chi connectivity index (χ2v) is 6.02. The summed E-state index contributed by atoms with van der Waals surface area (Å²) in [5.74, 6) is 0.826. The zero-order valence-electron chi connectivity index (χ0n) is 13.0. The smallest absolute Gasteiger partial charge is 0.246 e. The van der Waals surface area contributed by atoms with Gasteiger partial charge in [-0.25, -0.2) is 0 Å². The van der Waals surface area contributed by atoms with Crippen LogP contribution in [0.15, 0.2) is 10.6 Å². The Bertz CT molecular complexity index is 524. The molecule has 0 bridgehead atoms. The van der Waals surface area contributed by atoms with Crippen LogP contribution in [0, 0.1) is 12.8 Å². The number of piperazine rings is 1. The second-order valence-electron chi connectivity index (χ2n) is 6.02. The van der Waals surface area contributed by atoms with Crippen molar-refractivity contribution < 1.29 is 14.1 Å². The molecule has 1 saturated heterocycles. The normalized spacial score (nSPS) is 22.8. The topological polar surface area (TPSA) is 75.4 Å². The van der Waals surface area contributed by atoms with Gasteiger partial charge in [-0.15, -0.1) is 0 Å². The van der Waals surface area contributed by atoms with Crippen molar-refractivity contribution in [1.29, 1.82) is 0 Å². The van der Waals surface area contributed by atoms with Crippen molar-refractivity contribution in [1.82, 2.24) is 15.4 Å². The maximum Gasteiger partial charge on any atom is 0.246 e. The molecule has 0 saturated carbocycles. The van der Waals surface area contributed by atoms with Gasteiger partial charge in [-0.1, -0.05) is 25.9 Å². The molecule has 1 aliphatic heterocycles. The fourth-order valence-corrected chi connectivity index (χ4v) is 2.71. The minimum Gasteiger partial charge on any atom is -0.359 e. The standard InChI is InChI=1S/C15H23N3O3/c1-5-13-14(19)16-12(6-9(2)3)15(20)18(13)8-11-7-10(4)17-21-11/h7,9,12-13H,5-6,8H2,1-4H3,(H,16,19). The third-order valence-corrected chi connectivity index (χ3v) is 3.67. The van der Waals surface area contributed by atoms with E-state index in [1.54, 1.807) is 11.0 Å². The summed E-state index contributed by atoms with van der Waals surface area (Å²) < 4.78 is 5.18. The molecule has 1 aromatic rings. The first-order valence-electron chi connectivity index (χ1n) is 7.45. The van der Waals surface area contributed by atoms with Crippen molar-refractivity contribution in [3.63, 3.8) is 0 Å². The van der Waals surface area contributed by atoms with E-state index in [9.17, 15) is 9.59 Å². The van der Waals surface area contributed by atoms with Crippen molar-refractivity contribution in [2.75, 3.05) is 0 Å².